The van der Waals surface area contributed by atoms with Crippen molar-refractivity contribution in [2.45, 2.75) is 168 Å². The number of nitrogens with zero attached hydrogens (tertiary/aromatic N) is 2. The van der Waals surface area contributed by atoms with Gasteiger partial charge >= 0.3 is 11.9 Å². The van der Waals surface area contributed by atoms with E-state index in [0.29, 0.717) is 12.8 Å². The van der Waals surface area contributed by atoms with Crippen molar-refractivity contribution in [3.63, 3.8) is 0 Å². The molecule has 0 unspecified atom stereocenters. The fourth-order valence-corrected chi connectivity index (χ4v) is 4.66. The maximum absolute atomic E-state index is 13.2. The van der Waals surface area contributed by atoms with Crippen molar-refractivity contribution in [2.24, 2.45) is 0 Å². The van der Waals surface area contributed by atoms with Gasteiger partial charge in [0, 0.05) is 72.0 Å². The number of aliphatic carboxylic acids is 2. The Bertz CT molecular complexity index is 625. The average Bonchev–Trinajstić information content (AvgIpc) is 2.88. The Morgan fingerprint density at radius 2 is 0.700 bits per heavy atom. The molecule has 0 saturated carbocycles. The summed E-state index contributed by atoms with van der Waals surface area (Å²) in [6, 6.07) is -2.68. The monoisotopic (exact) mass is 586 g/mol. The fourth-order valence-electron chi connectivity index (χ4n) is 4.66. The minimum Gasteiger partial charge on any atom is -0.480 e. The van der Waals surface area contributed by atoms with E-state index in [1.807, 2.05) is 0 Å². The van der Waals surface area contributed by atoms with E-state index in [1.54, 1.807) is 0 Å². The molecule has 0 aromatic heterocycles. The van der Waals surface area contributed by atoms with E-state index < -0.39 is 35.8 Å². The zero-order chi connectivity index (χ0) is 28.8. The van der Waals surface area contributed by atoms with E-state index in [9.17, 15) is 29.4 Å². The van der Waals surface area contributed by atoms with Crippen molar-refractivity contribution in [3.05, 3.63) is 0 Å². The number of hydrogen-bond donors (Lipinski definition) is 2. The Hall–Kier alpha value is -0.120. The smallest absolute Gasteiger partial charge is 0.328 e. The Balaban J connectivity index is -0.00000684. The molecule has 0 bridgehead atoms. The number of hydrazine groups is 1. The maximum atomic E-state index is 13.2. The molecule has 0 fully saturated rings. The van der Waals surface area contributed by atoms with Crippen molar-refractivity contribution in [1.82, 2.24) is 10.0 Å². The van der Waals surface area contributed by atoms with Crippen LogP contribution in [0.25, 0.3) is 0 Å². The van der Waals surface area contributed by atoms with Crippen molar-refractivity contribution in [3.8, 4) is 0 Å². The Morgan fingerprint density at radius 1 is 0.475 bits per heavy atom. The molecule has 2 amide bonds. The zero-order valence-electron chi connectivity index (χ0n) is 26.7. The van der Waals surface area contributed by atoms with Gasteiger partial charge in [0.2, 0.25) is 11.8 Å². The van der Waals surface area contributed by atoms with Crippen LogP contribution >= 0.6 is 0 Å². The second-order valence-electron chi connectivity index (χ2n) is 10.7. The van der Waals surface area contributed by atoms with Crippen LogP contribution in [-0.2, 0) is 19.2 Å². The molecule has 2 atom stereocenters. The van der Waals surface area contributed by atoms with E-state index in [1.165, 1.54) is 78.1 Å². The summed E-state index contributed by atoms with van der Waals surface area (Å²) >= 11 is 0. The van der Waals surface area contributed by atoms with Crippen LogP contribution in [0.2, 0.25) is 0 Å². The van der Waals surface area contributed by atoms with Gasteiger partial charge in [-0.15, -0.1) is 0 Å². The van der Waals surface area contributed by atoms with Crippen molar-refractivity contribution >= 4 is 82.9 Å². The number of unbranched alkanes of at least 4 members (excludes halogenated alkanes) is 16. The number of amides is 2. The molecule has 0 aromatic rings. The van der Waals surface area contributed by atoms with Gasteiger partial charge in [-0.25, -0.2) is 19.6 Å². The summed E-state index contributed by atoms with van der Waals surface area (Å²) in [6.07, 6.45) is 19.5. The molecule has 40 heavy (non-hydrogen) atoms. The van der Waals surface area contributed by atoms with E-state index >= 15 is 0 Å². The molecular formula is C30H56N2Na2O6. The Kier molecular flexibility index (Phi) is 32.1. The third kappa shape index (κ3) is 20.7. The van der Waals surface area contributed by atoms with E-state index in [2.05, 4.69) is 13.8 Å². The molecular weight excluding hydrogens is 530 g/mol. The number of hydrogen-bond acceptors (Lipinski definition) is 4. The quantitative estimate of drug-likeness (QED) is 0.0750. The van der Waals surface area contributed by atoms with Gasteiger partial charge in [0.1, 0.15) is 12.1 Å². The Labute approximate surface area is 288 Å². The van der Waals surface area contributed by atoms with Gasteiger partial charge in [-0.2, -0.15) is 0 Å². The summed E-state index contributed by atoms with van der Waals surface area (Å²) in [7, 11) is 0. The second-order valence-corrected chi connectivity index (χ2v) is 10.7. The summed E-state index contributed by atoms with van der Waals surface area (Å²) in [6.45, 7) is 7.03. The van der Waals surface area contributed by atoms with Crippen LogP contribution in [0, 0.1) is 0 Å². The minimum absolute atomic E-state index is 0. The number of carboxylic acids is 2. The molecule has 0 heterocycles. The first-order valence-corrected chi connectivity index (χ1v) is 15.3. The molecule has 2 radical (unpaired) electrons. The van der Waals surface area contributed by atoms with Crippen LogP contribution in [0.3, 0.4) is 0 Å². The standard InChI is InChI=1S/C30H56N2O6.2Na/c1-5-7-9-11-13-15-17-19-21-23-27(33)31(25(3)29(35)36)32(26(4)30(37)38)28(34)24-22-20-18-16-14-12-10-8-6-2;;/h25-26H,5-24H2,1-4H3,(H,35,36)(H,37,38);;/t25-,26-;;/m0../s1. The fraction of sp³-hybridized carbons (Fsp3) is 0.867. The molecule has 8 nitrogen and oxygen atoms in total. The van der Waals surface area contributed by atoms with Crippen LogP contribution in [-0.4, -0.2) is 115 Å². The zero-order valence-corrected chi connectivity index (χ0v) is 30.7. The van der Waals surface area contributed by atoms with Gasteiger partial charge < -0.3 is 10.2 Å². The first kappa shape index (κ1) is 44.3. The predicted molar refractivity (Wildman–Crippen MR) is 163 cm³/mol. The topological polar surface area (TPSA) is 115 Å². The first-order chi connectivity index (χ1) is 18.2. The van der Waals surface area contributed by atoms with Crippen molar-refractivity contribution in [1.29, 1.82) is 0 Å². The van der Waals surface area contributed by atoms with Crippen LogP contribution < -0.4 is 0 Å². The molecule has 224 valence electrons. The van der Waals surface area contributed by atoms with Crippen molar-refractivity contribution < 1.29 is 29.4 Å². The van der Waals surface area contributed by atoms with Gasteiger partial charge in [0.05, 0.1) is 0 Å². The number of carboxylic acid groups (broad SMARTS) is 2. The summed E-state index contributed by atoms with van der Waals surface area (Å²) in [5.74, 6) is -3.58. The van der Waals surface area contributed by atoms with Crippen LogP contribution in [0.4, 0.5) is 0 Å². The van der Waals surface area contributed by atoms with Gasteiger partial charge in [0.25, 0.3) is 0 Å². The van der Waals surface area contributed by atoms with Crippen LogP contribution in [0.5, 0.6) is 0 Å². The van der Waals surface area contributed by atoms with Crippen molar-refractivity contribution in [2.75, 3.05) is 0 Å². The molecule has 0 aliphatic carbocycles. The SMILES string of the molecule is CCCCCCCCCCCC(=O)N([C@@H](C)C(=O)O)N(C(=O)CCCCCCCCCCC)[C@@H](C)C(=O)O.[Na].[Na]. The predicted octanol–water partition coefficient (Wildman–Crippen LogP) is 6.59. The van der Waals surface area contributed by atoms with Gasteiger partial charge in [-0.05, 0) is 26.7 Å². The Morgan fingerprint density at radius 3 is 0.925 bits per heavy atom. The summed E-state index contributed by atoms with van der Waals surface area (Å²) in [5.41, 5.74) is 0. The summed E-state index contributed by atoms with van der Waals surface area (Å²) in [5, 5.41) is 21.1. The average molecular weight is 587 g/mol. The summed E-state index contributed by atoms with van der Waals surface area (Å²) in [4.78, 5) is 50.0. The largest absolute Gasteiger partial charge is 0.480 e. The maximum Gasteiger partial charge on any atom is 0.328 e. The molecule has 0 aliphatic rings. The number of rotatable bonds is 24. The second kappa shape index (κ2) is 29.0. The third-order valence-corrected chi connectivity index (χ3v) is 7.18. The van der Waals surface area contributed by atoms with Gasteiger partial charge in [0.15, 0.2) is 0 Å². The molecule has 0 aliphatic heterocycles. The third-order valence-electron chi connectivity index (χ3n) is 7.18. The summed E-state index contributed by atoms with van der Waals surface area (Å²) < 4.78 is 0. The minimum atomic E-state index is -1.34. The van der Waals surface area contributed by atoms with Crippen LogP contribution in [0.15, 0.2) is 0 Å². The number of carbonyl (C=O) groups is 4. The molecule has 0 saturated heterocycles. The normalized spacial score (nSPS) is 12.0. The van der Waals surface area contributed by atoms with Gasteiger partial charge in [-0.1, -0.05) is 117 Å². The molecule has 0 spiro atoms. The van der Waals surface area contributed by atoms with E-state index in [-0.39, 0.29) is 72.0 Å². The molecule has 10 heteroatoms. The molecule has 0 rings (SSSR count). The molecule has 0 aromatic carbocycles. The number of carbonyl (C=O) groups excluding carboxylic acids is 2. The molecule has 2 N–H and O–H groups in total. The van der Waals surface area contributed by atoms with Gasteiger partial charge in [-0.3, -0.25) is 9.59 Å². The first-order valence-electron chi connectivity index (χ1n) is 15.3. The van der Waals surface area contributed by atoms with E-state index in [4.69, 9.17) is 0 Å². The van der Waals surface area contributed by atoms with Crippen LogP contribution in [0.1, 0.15) is 156 Å². The van der Waals surface area contributed by atoms with E-state index in [0.717, 1.165) is 48.5 Å².